The van der Waals surface area contributed by atoms with Gasteiger partial charge in [-0.3, -0.25) is 0 Å². The number of rotatable bonds is 7. The van der Waals surface area contributed by atoms with Gasteiger partial charge in [0.2, 0.25) is 5.95 Å². The van der Waals surface area contributed by atoms with Crippen LogP contribution in [0.25, 0.3) is 0 Å². The first kappa shape index (κ1) is 15.3. The fourth-order valence-corrected chi connectivity index (χ4v) is 2.01. The molecule has 0 atom stereocenters. The lowest BCUT2D eigenvalue weighted by Crippen LogP contribution is -2.06. The molecule has 0 fully saturated rings. The van der Waals surface area contributed by atoms with Gasteiger partial charge in [0.25, 0.3) is 0 Å². The zero-order valence-electron chi connectivity index (χ0n) is 12.8. The molecule has 0 saturated carbocycles. The normalized spacial score (nSPS) is 10.4. The molecule has 0 unspecified atom stereocenters. The molecule has 5 heteroatoms. The lowest BCUT2D eigenvalue weighted by atomic mass is 10.1. The highest BCUT2D eigenvalue weighted by Crippen LogP contribution is 2.22. The lowest BCUT2D eigenvalue weighted by Gasteiger charge is -2.13. The average molecular weight is 286 g/mol. The van der Waals surface area contributed by atoms with Gasteiger partial charge >= 0.3 is 0 Å². The molecule has 0 bridgehead atoms. The molecule has 1 heterocycles. The Morgan fingerprint density at radius 2 is 2.05 bits per heavy atom. The zero-order chi connectivity index (χ0) is 15.1. The van der Waals surface area contributed by atoms with Crippen molar-refractivity contribution in [3.63, 3.8) is 0 Å². The SMILES string of the molecule is CCNc1ncc(C)c(Nc2ccccc2CCOC)n1. The summed E-state index contributed by atoms with van der Waals surface area (Å²) in [6.45, 7) is 5.52. The van der Waals surface area contributed by atoms with Gasteiger partial charge in [0, 0.05) is 31.1 Å². The van der Waals surface area contributed by atoms with Gasteiger partial charge in [-0.25, -0.2) is 4.98 Å². The molecule has 1 aromatic carbocycles. The van der Waals surface area contributed by atoms with E-state index >= 15 is 0 Å². The van der Waals surface area contributed by atoms with Gasteiger partial charge in [-0.1, -0.05) is 18.2 Å². The number of aromatic nitrogens is 2. The van der Waals surface area contributed by atoms with Crippen molar-refractivity contribution in [1.29, 1.82) is 0 Å². The molecule has 2 rings (SSSR count). The maximum absolute atomic E-state index is 5.16. The Hall–Kier alpha value is -2.14. The van der Waals surface area contributed by atoms with E-state index in [2.05, 4.69) is 32.7 Å². The minimum atomic E-state index is 0.639. The first-order valence-electron chi connectivity index (χ1n) is 7.16. The predicted molar refractivity (Wildman–Crippen MR) is 86.2 cm³/mol. The highest BCUT2D eigenvalue weighted by Gasteiger charge is 2.07. The van der Waals surface area contributed by atoms with Crippen LogP contribution in [0.2, 0.25) is 0 Å². The van der Waals surface area contributed by atoms with Crippen LogP contribution in [-0.2, 0) is 11.2 Å². The molecular weight excluding hydrogens is 264 g/mol. The van der Waals surface area contributed by atoms with Gasteiger partial charge in [0.15, 0.2) is 0 Å². The van der Waals surface area contributed by atoms with E-state index in [1.54, 1.807) is 7.11 Å². The standard InChI is InChI=1S/C16H22N4O/c1-4-17-16-18-11-12(2)15(20-16)19-14-8-6-5-7-13(14)9-10-21-3/h5-8,11H,4,9-10H2,1-3H3,(H2,17,18,19,20). The van der Waals surface area contributed by atoms with E-state index in [1.165, 1.54) is 5.56 Å². The summed E-state index contributed by atoms with van der Waals surface area (Å²) in [5.41, 5.74) is 3.28. The van der Waals surface area contributed by atoms with Gasteiger partial charge in [-0.05, 0) is 31.9 Å². The van der Waals surface area contributed by atoms with Crippen molar-refractivity contribution < 1.29 is 4.74 Å². The largest absolute Gasteiger partial charge is 0.384 e. The number of hydrogen-bond donors (Lipinski definition) is 2. The van der Waals surface area contributed by atoms with Crippen LogP contribution in [-0.4, -0.2) is 30.2 Å². The van der Waals surface area contributed by atoms with Crippen molar-refractivity contribution >= 4 is 17.5 Å². The molecular formula is C16H22N4O. The Kier molecular flexibility index (Phi) is 5.51. The van der Waals surface area contributed by atoms with Crippen LogP contribution in [0.15, 0.2) is 30.5 Å². The Balaban J connectivity index is 2.23. The number of anilines is 3. The second-order valence-corrected chi connectivity index (χ2v) is 4.78. The second-order valence-electron chi connectivity index (χ2n) is 4.78. The van der Waals surface area contributed by atoms with Crippen LogP contribution in [0.3, 0.4) is 0 Å². The first-order valence-corrected chi connectivity index (χ1v) is 7.16. The number of aryl methyl sites for hydroxylation is 1. The molecule has 0 aliphatic rings. The highest BCUT2D eigenvalue weighted by molar-refractivity contribution is 5.63. The molecule has 0 radical (unpaired) electrons. The van der Waals surface area contributed by atoms with Gasteiger partial charge in [0.05, 0.1) is 6.61 Å². The topological polar surface area (TPSA) is 59.1 Å². The van der Waals surface area contributed by atoms with E-state index in [-0.39, 0.29) is 0 Å². The number of nitrogens with zero attached hydrogens (tertiary/aromatic N) is 2. The molecule has 0 spiro atoms. The smallest absolute Gasteiger partial charge is 0.224 e. The molecule has 2 N–H and O–H groups in total. The fraction of sp³-hybridized carbons (Fsp3) is 0.375. The summed E-state index contributed by atoms with van der Waals surface area (Å²) in [6, 6.07) is 8.20. The predicted octanol–water partition coefficient (Wildman–Crippen LogP) is 3.15. The number of nitrogens with one attached hydrogen (secondary N) is 2. The van der Waals surface area contributed by atoms with Crippen molar-refractivity contribution in [3.8, 4) is 0 Å². The first-order chi connectivity index (χ1) is 10.2. The third kappa shape index (κ3) is 4.16. The molecule has 0 saturated heterocycles. The van der Waals surface area contributed by atoms with Crippen molar-refractivity contribution in [2.45, 2.75) is 20.3 Å². The van der Waals surface area contributed by atoms with Gasteiger partial charge in [0.1, 0.15) is 5.82 Å². The average Bonchev–Trinajstić information content (AvgIpc) is 2.50. The molecule has 2 aromatic rings. The second kappa shape index (κ2) is 7.59. The van der Waals surface area contributed by atoms with E-state index in [1.807, 2.05) is 32.2 Å². The number of para-hydroxylation sites is 1. The maximum Gasteiger partial charge on any atom is 0.224 e. The van der Waals surface area contributed by atoms with Crippen molar-refractivity contribution in [1.82, 2.24) is 9.97 Å². The lowest BCUT2D eigenvalue weighted by molar-refractivity contribution is 0.202. The Morgan fingerprint density at radius 3 is 2.81 bits per heavy atom. The van der Waals surface area contributed by atoms with E-state index in [9.17, 15) is 0 Å². The van der Waals surface area contributed by atoms with Gasteiger partial charge in [-0.2, -0.15) is 4.98 Å². The summed E-state index contributed by atoms with van der Waals surface area (Å²) in [5, 5.41) is 6.53. The quantitative estimate of drug-likeness (QED) is 0.819. The van der Waals surface area contributed by atoms with Crippen LogP contribution in [0.5, 0.6) is 0 Å². The molecule has 5 nitrogen and oxygen atoms in total. The summed E-state index contributed by atoms with van der Waals surface area (Å²) in [7, 11) is 1.72. The number of benzene rings is 1. The summed E-state index contributed by atoms with van der Waals surface area (Å²) in [6.07, 6.45) is 2.69. The van der Waals surface area contributed by atoms with E-state index in [0.717, 1.165) is 30.0 Å². The Labute approximate surface area is 125 Å². The molecule has 112 valence electrons. The molecule has 21 heavy (non-hydrogen) atoms. The molecule has 0 amide bonds. The zero-order valence-corrected chi connectivity index (χ0v) is 12.8. The van der Waals surface area contributed by atoms with E-state index in [0.29, 0.717) is 12.6 Å². The van der Waals surface area contributed by atoms with E-state index in [4.69, 9.17) is 4.74 Å². The Morgan fingerprint density at radius 1 is 1.24 bits per heavy atom. The van der Waals surface area contributed by atoms with Gasteiger partial charge in [-0.15, -0.1) is 0 Å². The van der Waals surface area contributed by atoms with Crippen molar-refractivity contribution in [3.05, 3.63) is 41.6 Å². The van der Waals surface area contributed by atoms with Crippen LogP contribution in [0, 0.1) is 6.92 Å². The molecule has 0 aliphatic heterocycles. The summed E-state index contributed by atoms with van der Waals surface area (Å²) < 4.78 is 5.16. The number of hydrogen-bond acceptors (Lipinski definition) is 5. The molecule has 1 aromatic heterocycles. The summed E-state index contributed by atoms with van der Waals surface area (Å²) >= 11 is 0. The van der Waals surface area contributed by atoms with Crippen molar-refractivity contribution in [2.75, 3.05) is 30.9 Å². The maximum atomic E-state index is 5.16. The van der Waals surface area contributed by atoms with Crippen LogP contribution in [0.1, 0.15) is 18.1 Å². The van der Waals surface area contributed by atoms with Crippen LogP contribution in [0.4, 0.5) is 17.5 Å². The summed E-state index contributed by atoms with van der Waals surface area (Å²) in [4.78, 5) is 8.77. The number of methoxy groups -OCH3 is 1. The molecule has 0 aliphatic carbocycles. The Bertz CT molecular complexity index is 586. The minimum absolute atomic E-state index is 0.639. The fourth-order valence-electron chi connectivity index (χ4n) is 2.01. The van der Waals surface area contributed by atoms with Crippen molar-refractivity contribution in [2.24, 2.45) is 0 Å². The third-order valence-electron chi connectivity index (χ3n) is 3.15. The monoisotopic (exact) mass is 286 g/mol. The third-order valence-corrected chi connectivity index (χ3v) is 3.15. The minimum Gasteiger partial charge on any atom is -0.384 e. The van der Waals surface area contributed by atoms with Crippen LogP contribution < -0.4 is 10.6 Å². The van der Waals surface area contributed by atoms with E-state index < -0.39 is 0 Å². The highest BCUT2D eigenvalue weighted by atomic mass is 16.5. The van der Waals surface area contributed by atoms with Gasteiger partial charge < -0.3 is 15.4 Å². The summed E-state index contributed by atoms with van der Waals surface area (Å²) in [5.74, 6) is 1.46. The number of ether oxygens (including phenoxy) is 1. The van der Waals surface area contributed by atoms with Crippen LogP contribution >= 0.6 is 0 Å².